The predicted octanol–water partition coefficient (Wildman–Crippen LogP) is 4.59. The van der Waals surface area contributed by atoms with Gasteiger partial charge in [0.05, 0.1) is 12.2 Å². The van der Waals surface area contributed by atoms with E-state index in [2.05, 4.69) is 29.4 Å². The molecule has 1 aromatic carbocycles. The van der Waals surface area contributed by atoms with E-state index in [1.807, 2.05) is 30.0 Å². The molecule has 1 aliphatic rings. The summed E-state index contributed by atoms with van der Waals surface area (Å²) in [5, 5.41) is 4.11. The van der Waals surface area contributed by atoms with Gasteiger partial charge >= 0.3 is 6.03 Å². The van der Waals surface area contributed by atoms with Gasteiger partial charge in [0, 0.05) is 23.0 Å². The summed E-state index contributed by atoms with van der Waals surface area (Å²) in [6.07, 6.45) is 4.51. The molecule has 4 nitrogen and oxygen atoms in total. The van der Waals surface area contributed by atoms with Crippen LogP contribution in [0, 0.1) is 6.92 Å². The zero-order chi connectivity index (χ0) is 16.9. The van der Waals surface area contributed by atoms with Crippen molar-refractivity contribution in [3.8, 4) is 10.6 Å². The summed E-state index contributed by atoms with van der Waals surface area (Å²) in [5.74, 6) is 0. The van der Waals surface area contributed by atoms with E-state index in [4.69, 9.17) is 0 Å². The number of aromatic nitrogens is 1. The molecule has 1 aromatic heterocycles. The molecule has 1 unspecified atom stereocenters. The van der Waals surface area contributed by atoms with E-state index in [1.54, 1.807) is 11.3 Å². The second kappa shape index (κ2) is 7.79. The van der Waals surface area contributed by atoms with E-state index < -0.39 is 0 Å². The van der Waals surface area contributed by atoms with E-state index in [1.165, 1.54) is 6.42 Å². The number of nitrogens with one attached hydrogen (secondary N) is 1. The van der Waals surface area contributed by atoms with E-state index in [0.717, 1.165) is 46.9 Å². The van der Waals surface area contributed by atoms with Gasteiger partial charge in [0.2, 0.25) is 0 Å². The van der Waals surface area contributed by atoms with Crippen molar-refractivity contribution in [2.24, 2.45) is 0 Å². The number of hydrogen-bond donors (Lipinski definition) is 1. The lowest BCUT2D eigenvalue weighted by molar-refractivity contribution is 0.148. The van der Waals surface area contributed by atoms with Crippen LogP contribution in [0.5, 0.6) is 0 Å². The Hall–Kier alpha value is -1.88. The number of piperidine rings is 1. The fourth-order valence-corrected chi connectivity index (χ4v) is 4.25. The zero-order valence-electron chi connectivity index (χ0n) is 14.4. The minimum Gasteiger partial charge on any atom is -0.333 e. The van der Waals surface area contributed by atoms with Gasteiger partial charge in [0.15, 0.2) is 0 Å². The Morgan fingerprint density at radius 1 is 1.33 bits per heavy atom. The number of amides is 2. The lowest BCUT2D eigenvalue weighted by Gasteiger charge is -2.35. The van der Waals surface area contributed by atoms with E-state index in [-0.39, 0.29) is 6.03 Å². The van der Waals surface area contributed by atoms with E-state index in [9.17, 15) is 4.79 Å². The Labute approximate surface area is 147 Å². The lowest BCUT2D eigenvalue weighted by Crippen LogP contribution is -2.48. The number of likely N-dealkylation sites (tertiary alicyclic amines) is 1. The summed E-state index contributed by atoms with van der Waals surface area (Å²) >= 11 is 1.66. The van der Waals surface area contributed by atoms with Crippen molar-refractivity contribution in [1.29, 1.82) is 0 Å². The van der Waals surface area contributed by atoms with Crippen LogP contribution in [0.1, 0.15) is 43.2 Å². The highest BCUT2D eigenvalue weighted by Gasteiger charge is 2.25. The fraction of sp³-hybridized carbons (Fsp3) is 0.474. The molecule has 24 heavy (non-hydrogen) atoms. The zero-order valence-corrected chi connectivity index (χ0v) is 15.2. The molecule has 0 saturated carbocycles. The molecule has 1 N–H and O–H groups in total. The molecule has 3 rings (SSSR count). The van der Waals surface area contributed by atoms with Gasteiger partial charge in [-0.1, -0.05) is 37.3 Å². The van der Waals surface area contributed by atoms with Crippen LogP contribution < -0.4 is 5.32 Å². The number of rotatable bonds is 4. The number of carbonyl (C=O) groups is 1. The summed E-state index contributed by atoms with van der Waals surface area (Å²) in [7, 11) is 0. The van der Waals surface area contributed by atoms with Gasteiger partial charge in [-0.2, -0.15) is 0 Å². The molecule has 2 heterocycles. The lowest BCUT2D eigenvalue weighted by atomic mass is 10.0. The summed E-state index contributed by atoms with van der Waals surface area (Å²) in [5.41, 5.74) is 2.13. The second-order valence-electron chi connectivity index (χ2n) is 6.30. The molecule has 0 radical (unpaired) electrons. The third-order valence-corrected chi connectivity index (χ3v) is 5.88. The maximum absolute atomic E-state index is 12.5. The van der Waals surface area contributed by atoms with Gasteiger partial charge in [-0.3, -0.25) is 0 Å². The number of aryl methyl sites for hydroxylation is 1. The van der Waals surface area contributed by atoms with Gasteiger partial charge in [0.25, 0.3) is 0 Å². The molecule has 1 fully saturated rings. The van der Waals surface area contributed by atoms with Crippen LogP contribution >= 0.6 is 11.3 Å². The maximum Gasteiger partial charge on any atom is 0.317 e. The molecule has 0 spiro atoms. The third-order valence-electron chi connectivity index (χ3n) is 4.67. The van der Waals surface area contributed by atoms with Crippen molar-refractivity contribution in [2.75, 3.05) is 6.54 Å². The Bertz CT molecular complexity index is 683. The minimum atomic E-state index is 0.0654. The SMILES string of the molecule is CCC1CCCCN1C(=O)NCc1sc(-c2ccccc2)nc1C. The van der Waals surface area contributed by atoms with Gasteiger partial charge < -0.3 is 10.2 Å². The Morgan fingerprint density at radius 3 is 2.88 bits per heavy atom. The quantitative estimate of drug-likeness (QED) is 0.882. The van der Waals surface area contributed by atoms with Gasteiger partial charge in [-0.25, -0.2) is 9.78 Å². The summed E-state index contributed by atoms with van der Waals surface area (Å²) in [6, 6.07) is 10.6. The Kier molecular flexibility index (Phi) is 5.51. The molecule has 0 aliphatic carbocycles. The molecular formula is C19H25N3OS. The standard InChI is InChI=1S/C19H25N3OS/c1-3-16-11-7-8-12-22(16)19(23)20-13-17-14(2)21-18(24-17)15-9-5-4-6-10-15/h4-6,9-10,16H,3,7-8,11-13H2,1-2H3,(H,20,23). The first-order valence-electron chi connectivity index (χ1n) is 8.75. The average Bonchev–Trinajstić information content (AvgIpc) is 3.01. The highest BCUT2D eigenvalue weighted by Crippen LogP contribution is 2.27. The number of nitrogens with zero attached hydrogens (tertiary/aromatic N) is 2. The van der Waals surface area contributed by atoms with E-state index in [0.29, 0.717) is 12.6 Å². The van der Waals surface area contributed by atoms with Crippen molar-refractivity contribution in [3.05, 3.63) is 40.9 Å². The average molecular weight is 343 g/mol. The smallest absolute Gasteiger partial charge is 0.317 e. The van der Waals surface area contributed by atoms with Crippen molar-refractivity contribution in [2.45, 2.75) is 52.1 Å². The van der Waals surface area contributed by atoms with Gasteiger partial charge in [-0.05, 0) is 32.6 Å². The molecule has 128 valence electrons. The van der Waals surface area contributed by atoms with Crippen LogP contribution in [-0.4, -0.2) is 28.5 Å². The van der Waals surface area contributed by atoms with Crippen LogP contribution in [0.2, 0.25) is 0 Å². The van der Waals surface area contributed by atoms with Crippen molar-refractivity contribution in [1.82, 2.24) is 15.2 Å². The van der Waals surface area contributed by atoms with Gasteiger partial charge in [0.1, 0.15) is 5.01 Å². The first kappa shape index (κ1) is 17.0. The van der Waals surface area contributed by atoms with Crippen molar-refractivity contribution >= 4 is 17.4 Å². The molecule has 1 saturated heterocycles. The molecule has 2 amide bonds. The molecule has 0 bridgehead atoms. The topological polar surface area (TPSA) is 45.2 Å². The number of thiazole rings is 1. The van der Waals surface area contributed by atoms with Crippen molar-refractivity contribution < 1.29 is 4.79 Å². The van der Waals surface area contributed by atoms with Crippen LogP contribution in [-0.2, 0) is 6.54 Å². The molecule has 5 heteroatoms. The minimum absolute atomic E-state index is 0.0654. The van der Waals surface area contributed by atoms with Crippen LogP contribution in [0.3, 0.4) is 0 Å². The Morgan fingerprint density at radius 2 is 2.12 bits per heavy atom. The number of hydrogen-bond acceptors (Lipinski definition) is 3. The fourth-order valence-electron chi connectivity index (χ4n) is 3.25. The number of carbonyl (C=O) groups excluding carboxylic acids is 1. The highest BCUT2D eigenvalue weighted by molar-refractivity contribution is 7.15. The normalized spacial score (nSPS) is 17.8. The monoisotopic (exact) mass is 343 g/mol. The Balaban J connectivity index is 1.64. The molecule has 2 aromatic rings. The first-order valence-corrected chi connectivity index (χ1v) is 9.57. The molecular weight excluding hydrogens is 318 g/mol. The summed E-state index contributed by atoms with van der Waals surface area (Å²) in [4.78, 5) is 20.3. The number of benzene rings is 1. The molecule has 1 aliphatic heterocycles. The largest absolute Gasteiger partial charge is 0.333 e. The first-order chi connectivity index (χ1) is 11.7. The molecule has 1 atom stereocenters. The number of urea groups is 1. The summed E-state index contributed by atoms with van der Waals surface area (Å²) < 4.78 is 0. The highest BCUT2D eigenvalue weighted by atomic mass is 32.1. The van der Waals surface area contributed by atoms with Crippen LogP contribution in [0.25, 0.3) is 10.6 Å². The van der Waals surface area contributed by atoms with Crippen molar-refractivity contribution in [3.63, 3.8) is 0 Å². The summed E-state index contributed by atoms with van der Waals surface area (Å²) in [6.45, 7) is 5.61. The van der Waals surface area contributed by atoms with E-state index >= 15 is 0 Å². The third kappa shape index (κ3) is 3.78. The van der Waals surface area contributed by atoms with Gasteiger partial charge in [-0.15, -0.1) is 11.3 Å². The maximum atomic E-state index is 12.5. The van der Waals surface area contributed by atoms with Crippen LogP contribution in [0.15, 0.2) is 30.3 Å². The van der Waals surface area contributed by atoms with Crippen LogP contribution in [0.4, 0.5) is 4.79 Å². The second-order valence-corrected chi connectivity index (χ2v) is 7.39. The predicted molar refractivity (Wildman–Crippen MR) is 99.2 cm³/mol.